The number of amides is 1. The summed E-state index contributed by atoms with van der Waals surface area (Å²) >= 11 is 1.73. The molecule has 0 N–H and O–H groups in total. The molecule has 0 unspecified atom stereocenters. The molecule has 0 fully saturated rings. The van der Waals surface area contributed by atoms with Crippen LogP contribution < -0.4 is 4.90 Å². The molecule has 1 aliphatic heterocycles. The van der Waals surface area contributed by atoms with E-state index in [4.69, 9.17) is 4.74 Å². The van der Waals surface area contributed by atoms with Crippen LogP contribution in [-0.4, -0.2) is 19.2 Å². The van der Waals surface area contributed by atoms with Gasteiger partial charge in [-0.2, -0.15) is 0 Å². The Morgan fingerprint density at radius 1 is 1.26 bits per heavy atom. The summed E-state index contributed by atoms with van der Waals surface area (Å²) in [5, 5.41) is 2.07. The number of rotatable bonds is 1. The highest BCUT2D eigenvalue weighted by molar-refractivity contribution is 7.10. The lowest BCUT2D eigenvalue weighted by atomic mass is 9.94. The molecule has 0 aliphatic carbocycles. The number of para-hydroxylation sites is 1. The van der Waals surface area contributed by atoms with Gasteiger partial charge >= 0.3 is 6.09 Å². The number of fused-ring (bicyclic) bond motifs is 1. The number of benzene rings is 1. The molecule has 1 aliphatic rings. The highest BCUT2D eigenvalue weighted by Crippen LogP contribution is 2.45. The lowest BCUT2D eigenvalue weighted by molar-refractivity contribution is 0.177. The summed E-state index contributed by atoms with van der Waals surface area (Å²) in [6.45, 7) is 2.07. The predicted molar refractivity (Wildman–Crippen MR) is 77.0 cm³/mol. The minimum Gasteiger partial charge on any atom is -0.452 e. The molecule has 3 nitrogen and oxygen atoms in total. The fraction of sp³-hybridized carbons (Fsp3) is 0.267. The van der Waals surface area contributed by atoms with E-state index in [0.717, 1.165) is 5.69 Å². The molecule has 0 saturated carbocycles. The van der Waals surface area contributed by atoms with E-state index in [2.05, 4.69) is 30.5 Å². The van der Waals surface area contributed by atoms with Gasteiger partial charge in [0.2, 0.25) is 0 Å². The Labute approximate surface area is 116 Å². The fourth-order valence-electron chi connectivity index (χ4n) is 2.82. The number of carbonyl (C=O) groups is 1. The van der Waals surface area contributed by atoms with Crippen molar-refractivity contribution in [3.05, 3.63) is 52.2 Å². The fourth-order valence-corrected chi connectivity index (χ4v) is 3.76. The summed E-state index contributed by atoms with van der Waals surface area (Å²) in [7, 11) is 1.43. The van der Waals surface area contributed by atoms with Gasteiger partial charge in [-0.05, 0) is 30.0 Å². The molecule has 0 saturated heterocycles. The summed E-state index contributed by atoms with van der Waals surface area (Å²) in [5.41, 5.74) is 2.16. The first-order chi connectivity index (χ1) is 9.24. The van der Waals surface area contributed by atoms with Gasteiger partial charge in [0.25, 0.3) is 0 Å². The largest absolute Gasteiger partial charge is 0.452 e. The van der Waals surface area contributed by atoms with Gasteiger partial charge < -0.3 is 4.74 Å². The van der Waals surface area contributed by atoms with Gasteiger partial charge in [0.1, 0.15) is 0 Å². The molecule has 4 heteroatoms. The summed E-state index contributed by atoms with van der Waals surface area (Å²) in [6, 6.07) is 12.3. The minimum absolute atomic E-state index is 0.0727. The van der Waals surface area contributed by atoms with Crippen LogP contribution >= 0.6 is 11.3 Å². The molecule has 1 aromatic carbocycles. The third kappa shape index (κ3) is 1.83. The second kappa shape index (κ2) is 4.70. The van der Waals surface area contributed by atoms with Crippen LogP contribution in [0.4, 0.5) is 10.5 Å². The Kier molecular flexibility index (Phi) is 3.03. The second-order valence-corrected chi connectivity index (χ2v) is 5.61. The molecule has 1 amide bonds. The lowest BCUT2D eigenvalue weighted by Gasteiger charge is -2.23. The summed E-state index contributed by atoms with van der Waals surface area (Å²) < 4.78 is 4.92. The first kappa shape index (κ1) is 12.2. The van der Waals surface area contributed by atoms with Crippen LogP contribution in [0.5, 0.6) is 0 Å². The molecule has 0 radical (unpaired) electrons. The number of hydrogen-bond acceptors (Lipinski definition) is 3. The van der Waals surface area contributed by atoms with E-state index in [1.807, 2.05) is 18.2 Å². The lowest BCUT2D eigenvalue weighted by Crippen LogP contribution is -2.37. The van der Waals surface area contributed by atoms with E-state index < -0.39 is 0 Å². The Morgan fingerprint density at radius 2 is 2.05 bits per heavy atom. The maximum atomic E-state index is 12.0. The minimum atomic E-state index is -0.293. The van der Waals surface area contributed by atoms with Crippen molar-refractivity contribution < 1.29 is 9.53 Å². The van der Waals surface area contributed by atoms with Crippen LogP contribution in [-0.2, 0) is 4.74 Å². The third-order valence-electron chi connectivity index (χ3n) is 3.64. The number of hydrogen-bond donors (Lipinski definition) is 0. The van der Waals surface area contributed by atoms with Crippen LogP contribution in [0.15, 0.2) is 41.8 Å². The molecule has 0 spiro atoms. The van der Waals surface area contributed by atoms with Gasteiger partial charge in [0, 0.05) is 16.8 Å². The molecular weight excluding hydrogens is 258 g/mol. The smallest absolute Gasteiger partial charge is 0.414 e. The Morgan fingerprint density at radius 3 is 2.74 bits per heavy atom. The molecule has 3 rings (SSSR count). The molecule has 2 aromatic rings. The predicted octanol–water partition coefficient (Wildman–Crippen LogP) is 3.85. The van der Waals surface area contributed by atoms with Crippen molar-refractivity contribution in [2.24, 2.45) is 0 Å². The van der Waals surface area contributed by atoms with E-state index in [9.17, 15) is 4.79 Å². The van der Waals surface area contributed by atoms with Crippen molar-refractivity contribution in [3.63, 3.8) is 0 Å². The van der Waals surface area contributed by atoms with E-state index >= 15 is 0 Å². The number of thiophene rings is 1. The first-order valence-corrected chi connectivity index (χ1v) is 7.11. The second-order valence-electron chi connectivity index (χ2n) is 4.63. The molecule has 2 atom stereocenters. The van der Waals surface area contributed by atoms with Gasteiger partial charge in [-0.25, -0.2) is 4.79 Å². The SMILES string of the molecule is COC(=O)N1c2ccccc2[C@H](c2cccs2)[C@H]1C. The zero-order valence-electron chi connectivity index (χ0n) is 10.9. The number of carbonyl (C=O) groups excluding carboxylic acids is 1. The molecule has 0 bridgehead atoms. The maximum absolute atomic E-state index is 12.0. The van der Waals surface area contributed by atoms with Crippen LogP contribution in [0.2, 0.25) is 0 Å². The molecular formula is C15H15NO2S. The van der Waals surface area contributed by atoms with Crippen molar-refractivity contribution in [1.29, 1.82) is 0 Å². The highest BCUT2D eigenvalue weighted by atomic mass is 32.1. The van der Waals surface area contributed by atoms with E-state index in [0.29, 0.717) is 0 Å². The molecule has 1 aromatic heterocycles. The van der Waals surface area contributed by atoms with E-state index in [-0.39, 0.29) is 18.1 Å². The standard InChI is InChI=1S/C15H15NO2S/c1-10-14(13-8-5-9-19-13)11-6-3-4-7-12(11)16(10)15(17)18-2/h3-10,14H,1-2H3/t10-,14-/m1/s1. The molecule has 2 heterocycles. The maximum Gasteiger partial charge on any atom is 0.414 e. The van der Waals surface area contributed by atoms with E-state index in [1.165, 1.54) is 17.6 Å². The van der Waals surface area contributed by atoms with Crippen LogP contribution in [0.1, 0.15) is 23.3 Å². The number of methoxy groups -OCH3 is 1. The normalized spacial score (nSPS) is 21.3. The van der Waals surface area contributed by atoms with Crippen molar-refractivity contribution in [1.82, 2.24) is 0 Å². The van der Waals surface area contributed by atoms with Gasteiger partial charge in [0.05, 0.1) is 12.8 Å². The van der Waals surface area contributed by atoms with Crippen molar-refractivity contribution in [2.75, 3.05) is 12.0 Å². The van der Waals surface area contributed by atoms with Crippen molar-refractivity contribution >= 4 is 23.1 Å². The summed E-state index contributed by atoms with van der Waals surface area (Å²) in [6.07, 6.45) is -0.293. The molecule has 98 valence electrons. The van der Waals surface area contributed by atoms with Gasteiger partial charge in [0.15, 0.2) is 0 Å². The number of anilines is 1. The quantitative estimate of drug-likeness (QED) is 0.789. The monoisotopic (exact) mass is 273 g/mol. The van der Waals surface area contributed by atoms with Crippen LogP contribution in [0, 0.1) is 0 Å². The van der Waals surface area contributed by atoms with Crippen molar-refractivity contribution in [3.8, 4) is 0 Å². The van der Waals surface area contributed by atoms with Gasteiger partial charge in [-0.15, -0.1) is 11.3 Å². The first-order valence-electron chi connectivity index (χ1n) is 6.23. The Hall–Kier alpha value is -1.81. The van der Waals surface area contributed by atoms with Crippen LogP contribution in [0.25, 0.3) is 0 Å². The van der Waals surface area contributed by atoms with Crippen molar-refractivity contribution in [2.45, 2.75) is 18.9 Å². The number of nitrogens with zero attached hydrogens (tertiary/aromatic N) is 1. The van der Waals surface area contributed by atoms with Crippen LogP contribution in [0.3, 0.4) is 0 Å². The Balaban J connectivity index is 2.12. The zero-order valence-corrected chi connectivity index (χ0v) is 11.7. The van der Waals surface area contributed by atoms with Gasteiger partial charge in [-0.1, -0.05) is 24.3 Å². The topological polar surface area (TPSA) is 29.5 Å². The number of ether oxygens (including phenoxy) is 1. The van der Waals surface area contributed by atoms with E-state index in [1.54, 1.807) is 16.2 Å². The average Bonchev–Trinajstić information content (AvgIpc) is 3.02. The summed E-state index contributed by atoms with van der Waals surface area (Å²) in [5.74, 6) is 0.232. The average molecular weight is 273 g/mol. The van der Waals surface area contributed by atoms with Gasteiger partial charge in [-0.3, -0.25) is 4.90 Å². The summed E-state index contributed by atoms with van der Waals surface area (Å²) in [4.78, 5) is 15.0. The zero-order chi connectivity index (χ0) is 13.4. The highest BCUT2D eigenvalue weighted by Gasteiger charge is 2.40. The third-order valence-corrected chi connectivity index (χ3v) is 4.60. The Bertz CT molecular complexity index is 594. The molecule has 19 heavy (non-hydrogen) atoms.